The topological polar surface area (TPSA) is 46.5 Å². The first kappa shape index (κ1) is 15.6. The molecule has 0 unspecified atom stereocenters. The van der Waals surface area contributed by atoms with E-state index in [-0.39, 0.29) is 22.9 Å². The van der Waals surface area contributed by atoms with Crippen LogP contribution in [0.4, 0.5) is 0 Å². The highest BCUT2D eigenvalue weighted by molar-refractivity contribution is 5.69. The van der Waals surface area contributed by atoms with Gasteiger partial charge in [-0.1, -0.05) is 25.1 Å². The van der Waals surface area contributed by atoms with Gasteiger partial charge in [0.1, 0.15) is 5.75 Å². The summed E-state index contributed by atoms with van der Waals surface area (Å²) in [7, 11) is 0. The second kappa shape index (κ2) is 4.97. The Morgan fingerprint density at radius 1 is 1.32 bits per heavy atom. The first-order valence-corrected chi connectivity index (χ1v) is 9.63. The van der Waals surface area contributed by atoms with Gasteiger partial charge in [0, 0.05) is 23.7 Å². The van der Waals surface area contributed by atoms with Gasteiger partial charge in [0.15, 0.2) is 0 Å². The van der Waals surface area contributed by atoms with E-state index in [9.17, 15) is 9.90 Å². The molecule has 1 spiro atoms. The lowest BCUT2D eigenvalue weighted by Gasteiger charge is -2.57. The number of rotatable bonds is 1. The summed E-state index contributed by atoms with van der Waals surface area (Å²) in [6.07, 6.45) is 10.2. The normalized spacial score (nSPS) is 43.3. The Bertz CT molecular complexity index is 781. The molecular weight excluding hydrogens is 312 g/mol. The van der Waals surface area contributed by atoms with E-state index in [1.54, 1.807) is 0 Å². The van der Waals surface area contributed by atoms with Crippen molar-refractivity contribution in [1.29, 1.82) is 0 Å². The smallest absolute Gasteiger partial charge is 0.308 e. The Morgan fingerprint density at radius 2 is 2.16 bits per heavy atom. The summed E-state index contributed by atoms with van der Waals surface area (Å²) in [6, 6.07) is 6.20. The van der Waals surface area contributed by atoms with E-state index in [2.05, 4.69) is 31.2 Å². The standard InChI is InChI=1S/C22H26O3/c1-13(23)25-16-4-5-17-14(11-16)3-6-19-18(17)8-9-21(2)20(24)15-7-10-22(19,21)12-15/h4-5,7,10-11,15,18-20,24H,3,6,8-9,12H2,1-2H3/t15-,18+,19+,20-,21+,22+/m0/s1. The molecule has 1 aromatic carbocycles. The second-order valence-electron chi connectivity index (χ2n) is 8.87. The fourth-order valence-electron chi connectivity index (χ4n) is 6.84. The summed E-state index contributed by atoms with van der Waals surface area (Å²) in [4.78, 5) is 11.2. The molecule has 132 valence electrons. The lowest BCUT2D eigenvalue weighted by molar-refractivity contribution is -0.131. The monoisotopic (exact) mass is 338 g/mol. The Morgan fingerprint density at radius 3 is 2.96 bits per heavy atom. The third kappa shape index (κ3) is 1.88. The molecule has 2 bridgehead atoms. The third-order valence-corrected chi connectivity index (χ3v) is 7.96. The van der Waals surface area contributed by atoms with Crippen LogP contribution in [0.15, 0.2) is 30.4 Å². The predicted molar refractivity (Wildman–Crippen MR) is 95.3 cm³/mol. The minimum Gasteiger partial charge on any atom is -0.427 e. The van der Waals surface area contributed by atoms with Crippen molar-refractivity contribution in [2.45, 2.75) is 58.0 Å². The number of aryl methyl sites for hydroxylation is 1. The molecule has 5 rings (SSSR count). The van der Waals surface area contributed by atoms with Crippen molar-refractivity contribution in [2.24, 2.45) is 22.7 Å². The number of carbonyl (C=O) groups excluding carboxylic acids is 1. The van der Waals surface area contributed by atoms with Crippen LogP contribution in [0.1, 0.15) is 56.6 Å². The first-order chi connectivity index (χ1) is 11.9. The van der Waals surface area contributed by atoms with Crippen LogP contribution in [0, 0.1) is 22.7 Å². The van der Waals surface area contributed by atoms with Crippen molar-refractivity contribution in [3.8, 4) is 5.75 Å². The van der Waals surface area contributed by atoms with Crippen LogP contribution >= 0.6 is 0 Å². The van der Waals surface area contributed by atoms with Crippen LogP contribution in [0.5, 0.6) is 5.75 Å². The highest BCUT2D eigenvalue weighted by atomic mass is 16.5. The van der Waals surface area contributed by atoms with Crippen molar-refractivity contribution >= 4 is 5.97 Å². The van der Waals surface area contributed by atoms with Gasteiger partial charge in [-0.2, -0.15) is 0 Å². The number of aliphatic hydroxyl groups is 1. The van der Waals surface area contributed by atoms with E-state index < -0.39 is 0 Å². The highest BCUT2D eigenvalue weighted by Crippen LogP contribution is 2.72. The molecule has 25 heavy (non-hydrogen) atoms. The third-order valence-electron chi connectivity index (χ3n) is 7.96. The van der Waals surface area contributed by atoms with Gasteiger partial charge in [-0.05, 0) is 67.2 Å². The molecule has 0 aliphatic heterocycles. The van der Waals surface area contributed by atoms with Gasteiger partial charge in [-0.15, -0.1) is 0 Å². The van der Waals surface area contributed by atoms with Gasteiger partial charge in [0.25, 0.3) is 0 Å². The minimum absolute atomic E-state index is 0.0444. The van der Waals surface area contributed by atoms with Crippen LogP contribution in [0.25, 0.3) is 0 Å². The lowest BCUT2D eigenvalue weighted by atomic mass is 9.47. The number of hydrogen-bond acceptors (Lipinski definition) is 3. The van der Waals surface area contributed by atoms with E-state index in [1.165, 1.54) is 24.5 Å². The number of fused-ring (bicyclic) bond motifs is 4. The number of aliphatic hydroxyl groups excluding tert-OH is 1. The fourth-order valence-corrected chi connectivity index (χ4v) is 6.84. The molecule has 3 nitrogen and oxygen atoms in total. The number of ether oxygens (including phenoxy) is 1. The SMILES string of the molecule is CC(=O)Oc1ccc2c(c1)CC[C@@H]1[C@@H]2CC[C@]2(C)[C@@H](O)[C@H]3C=C[C@@]12C3. The number of esters is 1. The average Bonchev–Trinajstić information content (AvgIpc) is 3.11. The summed E-state index contributed by atoms with van der Waals surface area (Å²) in [5.74, 6) is 1.95. The zero-order chi connectivity index (χ0) is 17.4. The van der Waals surface area contributed by atoms with Crippen LogP contribution < -0.4 is 4.74 Å². The van der Waals surface area contributed by atoms with E-state index in [0.717, 1.165) is 25.7 Å². The molecule has 4 aliphatic carbocycles. The molecular formula is C22H26O3. The highest BCUT2D eigenvalue weighted by Gasteiger charge is 2.67. The van der Waals surface area contributed by atoms with Crippen molar-refractivity contribution < 1.29 is 14.6 Å². The molecule has 0 amide bonds. The van der Waals surface area contributed by atoms with Crippen LogP contribution in [0.2, 0.25) is 0 Å². The summed E-state index contributed by atoms with van der Waals surface area (Å²) in [5, 5.41) is 10.9. The van der Waals surface area contributed by atoms with Crippen LogP contribution in [-0.4, -0.2) is 17.2 Å². The number of benzene rings is 1. The maximum Gasteiger partial charge on any atom is 0.308 e. The van der Waals surface area contributed by atoms with Crippen LogP contribution in [0.3, 0.4) is 0 Å². The Kier molecular flexibility index (Phi) is 3.11. The van der Waals surface area contributed by atoms with Crippen molar-refractivity contribution in [3.05, 3.63) is 41.5 Å². The average molecular weight is 338 g/mol. The van der Waals surface area contributed by atoms with E-state index in [4.69, 9.17) is 4.74 Å². The van der Waals surface area contributed by atoms with Gasteiger partial charge < -0.3 is 9.84 Å². The molecule has 6 atom stereocenters. The summed E-state index contributed by atoms with van der Waals surface area (Å²) >= 11 is 0. The number of hydrogen-bond donors (Lipinski definition) is 1. The summed E-state index contributed by atoms with van der Waals surface area (Å²) < 4.78 is 5.28. The summed E-state index contributed by atoms with van der Waals surface area (Å²) in [6.45, 7) is 3.78. The van der Waals surface area contributed by atoms with E-state index >= 15 is 0 Å². The predicted octanol–water partition coefficient (Wildman–Crippen LogP) is 4.00. The van der Waals surface area contributed by atoms with E-state index in [1.807, 2.05) is 6.07 Å². The lowest BCUT2D eigenvalue weighted by Crippen LogP contribution is -2.52. The molecule has 0 saturated heterocycles. The maximum absolute atomic E-state index is 11.2. The molecule has 0 heterocycles. The molecule has 0 radical (unpaired) electrons. The zero-order valence-corrected chi connectivity index (χ0v) is 15.0. The fraction of sp³-hybridized carbons (Fsp3) is 0.591. The van der Waals surface area contributed by atoms with E-state index in [0.29, 0.717) is 23.5 Å². The Hall–Kier alpha value is -1.61. The van der Waals surface area contributed by atoms with Gasteiger partial charge in [-0.3, -0.25) is 4.79 Å². The van der Waals surface area contributed by atoms with Gasteiger partial charge in [-0.25, -0.2) is 0 Å². The largest absolute Gasteiger partial charge is 0.427 e. The molecule has 4 aliphatic rings. The van der Waals surface area contributed by atoms with Gasteiger partial charge in [0.05, 0.1) is 6.10 Å². The maximum atomic E-state index is 11.2. The number of carbonyl (C=O) groups is 1. The molecule has 2 fully saturated rings. The Labute approximate surface area is 149 Å². The van der Waals surface area contributed by atoms with Crippen LogP contribution in [-0.2, 0) is 11.2 Å². The van der Waals surface area contributed by atoms with Crippen molar-refractivity contribution in [2.75, 3.05) is 0 Å². The molecule has 1 N–H and O–H groups in total. The minimum atomic E-state index is -0.261. The quantitative estimate of drug-likeness (QED) is 0.478. The molecule has 1 aromatic rings. The van der Waals surface area contributed by atoms with Crippen molar-refractivity contribution in [1.82, 2.24) is 0 Å². The molecule has 0 aromatic heterocycles. The molecule has 2 saturated carbocycles. The second-order valence-corrected chi connectivity index (χ2v) is 8.87. The summed E-state index contributed by atoms with van der Waals surface area (Å²) in [5.41, 5.74) is 3.01. The first-order valence-electron chi connectivity index (χ1n) is 9.63. The van der Waals surface area contributed by atoms with Gasteiger partial charge >= 0.3 is 5.97 Å². The Balaban J connectivity index is 1.53. The number of allylic oxidation sites excluding steroid dienone is 1. The van der Waals surface area contributed by atoms with Crippen molar-refractivity contribution in [3.63, 3.8) is 0 Å². The zero-order valence-electron chi connectivity index (χ0n) is 15.0. The molecule has 3 heteroatoms. The van der Waals surface area contributed by atoms with Gasteiger partial charge in [0.2, 0.25) is 0 Å².